The molecule has 116 valence electrons. The van der Waals surface area contributed by atoms with Crippen LogP contribution in [0.2, 0.25) is 0 Å². The van der Waals surface area contributed by atoms with Crippen molar-refractivity contribution in [2.75, 3.05) is 13.7 Å². The maximum atomic E-state index is 9.54. The average molecular weight is 274 g/mol. The second-order valence-electron chi connectivity index (χ2n) is 7.72. The third kappa shape index (κ3) is 9.42. The minimum absolute atomic E-state index is 0.0778. The fourth-order valence-electron chi connectivity index (χ4n) is 2.75. The first-order valence-corrected chi connectivity index (χ1v) is 7.26. The molecule has 0 heterocycles. The van der Waals surface area contributed by atoms with Crippen molar-refractivity contribution in [2.45, 2.75) is 85.0 Å². The fraction of sp³-hybridized carbons (Fsp3) is 1.00. The molecule has 0 saturated carbocycles. The number of aliphatic hydroxyl groups is 1. The van der Waals surface area contributed by atoms with Gasteiger partial charge in [-0.2, -0.15) is 0 Å². The second kappa shape index (κ2) is 7.05. The molecule has 19 heavy (non-hydrogen) atoms. The summed E-state index contributed by atoms with van der Waals surface area (Å²) in [5.41, 5.74) is -0.234. The molecule has 0 radical (unpaired) electrons. The van der Waals surface area contributed by atoms with E-state index in [1.807, 2.05) is 6.92 Å². The summed E-state index contributed by atoms with van der Waals surface area (Å²) in [5.74, 6) is 0. The number of hydrogen-bond acceptors (Lipinski definition) is 3. The van der Waals surface area contributed by atoms with Gasteiger partial charge in [0.2, 0.25) is 0 Å². The number of hydrogen-bond donors (Lipinski definition) is 1. The van der Waals surface area contributed by atoms with E-state index in [9.17, 15) is 5.11 Å². The van der Waals surface area contributed by atoms with E-state index >= 15 is 0 Å². The largest absolute Gasteiger partial charge is 0.393 e. The Bertz CT molecular complexity index is 255. The zero-order valence-corrected chi connectivity index (χ0v) is 14.2. The Morgan fingerprint density at radius 2 is 1.53 bits per heavy atom. The minimum atomic E-state index is -0.266. The van der Waals surface area contributed by atoms with Crippen molar-refractivity contribution >= 4 is 0 Å². The topological polar surface area (TPSA) is 38.7 Å². The lowest BCUT2D eigenvalue weighted by Gasteiger charge is -2.36. The predicted octanol–water partition coefficient (Wildman–Crippen LogP) is 3.78. The van der Waals surface area contributed by atoms with Gasteiger partial charge in [-0.3, -0.25) is 0 Å². The zero-order valence-electron chi connectivity index (χ0n) is 14.2. The van der Waals surface area contributed by atoms with Crippen LogP contribution in [-0.2, 0) is 9.47 Å². The highest BCUT2D eigenvalue weighted by atomic mass is 16.5. The van der Waals surface area contributed by atoms with E-state index in [1.165, 1.54) is 0 Å². The Balaban J connectivity index is 4.25. The lowest BCUT2D eigenvalue weighted by Crippen LogP contribution is -2.35. The molecule has 1 N–H and O–H groups in total. The highest BCUT2D eigenvalue weighted by Gasteiger charge is 2.31. The summed E-state index contributed by atoms with van der Waals surface area (Å²) >= 11 is 0. The highest BCUT2D eigenvalue weighted by Crippen LogP contribution is 2.34. The number of ether oxygens (including phenoxy) is 2. The zero-order chi connectivity index (χ0) is 15.3. The second-order valence-corrected chi connectivity index (χ2v) is 7.72. The number of methoxy groups -OCH3 is 1. The van der Waals surface area contributed by atoms with Crippen molar-refractivity contribution in [1.82, 2.24) is 0 Å². The molecule has 1 atom stereocenters. The molecule has 3 nitrogen and oxygen atoms in total. The molecular formula is C16H34O3. The molecule has 0 aliphatic rings. The first kappa shape index (κ1) is 18.9. The van der Waals surface area contributed by atoms with Gasteiger partial charge < -0.3 is 14.6 Å². The summed E-state index contributed by atoms with van der Waals surface area (Å²) in [6.07, 6.45) is 2.34. The van der Waals surface area contributed by atoms with Crippen LogP contribution in [-0.4, -0.2) is 36.1 Å². The van der Waals surface area contributed by atoms with E-state index in [0.29, 0.717) is 6.61 Å². The van der Waals surface area contributed by atoms with E-state index in [0.717, 1.165) is 19.3 Å². The van der Waals surface area contributed by atoms with E-state index in [4.69, 9.17) is 9.47 Å². The van der Waals surface area contributed by atoms with Gasteiger partial charge in [-0.15, -0.1) is 0 Å². The lowest BCUT2D eigenvalue weighted by atomic mass is 9.78. The summed E-state index contributed by atoms with van der Waals surface area (Å²) < 4.78 is 11.4. The molecule has 0 aliphatic carbocycles. The average Bonchev–Trinajstić information content (AvgIpc) is 2.12. The third-order valence-electron chi connectivity index (χ3n) is 3.50. The summed E-state index contributed by atoms with van der Waals surface area (Å²) in [6.45, 7) is 15.3. The van der Waals surface area contributed by atoms with Gasteiger partial charge in [-0.1, -0.05) is 13.8 Å². The van der Waals surface area contributed by atoms with Crippen molar-refractivity contribution in [3.05, 3.63) is 0 Å². The van der Waals surface area contributed by atoms with E-state index in [1.54, 1.807) is 7.11 Å². The van der Waals surface area contributed by atoms with Gasteiger partial charge in [0.1, 0.15) is 0 Å². The molecule has 0 aromatic carbocycles. The van der Waals surface area contributed by atoms with Gasteiger partial charge in [-0.05, 0) is 59.3 Å². The molecule has 0 fully saturated rings. The Hall–Kier alpha value is -0.120. The SMILES string of the molecule is COC(C)(C)CCOC(C)(C)CC(C)(C)CC(C)O. The van der Waals surface area contributed by atoms with Gasteiger partial charge in [0, 0.05) is 7.11 Å². The monoisotopic (exact) mass is 274 g/mol. The Morgan fingerprint density at radius 1 is 1.00 bits per heavy atom. The van der Waals surface area contributed by atoms with Gasteiger partial charge >= 0.3 is 0 Å². The Morgan fingerprint density at radius 3 is 1.95 bits per heavy atom. The van der Waals surface area contributed by atoms with Crippen molar-refractivity contribution in [3.63, 3.8) is 0 Å². The standard InChI is InChI=1S/C16H34O3/c1-13(17)11-14(2,3)12-16(6,7)19-10-9-15(4,5)18-8/h13,17H,9-12H2,1-8H3. The van der Waals surface area contributed by atoms with Crippen LogP contribution in [0.1, 0.15) is 67.7 Å². The van der Waals surface area contributed by atoms with E-state index in [2.05, 4.69) is 41.5 Å². The Kier molecular flexibility index (Phi) is 7.01. The first-order chi connectivity index (χ1) is 8.39. The molecule has 0 saturated heterocycles. The van der Waals surface area contributed by atoms with Crippen LogP contribution in [0, 0.1) is 5.41 Å². The third-order valence-corrected chi connectivity index (χ3v) is 3.50. The van der Waals surface area contributed by atoms with Crippen LogP contribution in [0.15, 0.2) is 0 Å². The van der Waals surface area contributed by atoms with Gasteiger partial charge in [0.15, 0.2) is 0 Å². The van der Waals surface area contributed by atoms with Crippen LogP contribution in [0.3, 0.4) is 0 Å². The van der Waals surface area contributed by atoms with Crippen molar-refractivity contribution < 1.29 is 14.6 Å². The smallest absolute Gasteiger partial charge is 0.0644 e. The molecule has 3 heteroatoms. The summed E-state index contributed by atoms with van der Waals surface area (Å²) in [7, 11) is 1.73. The van der Waals surface area contributed by atoms with Gasteiger partial charge in [-0.25, -0.2) is 0 Å². The fourth-order valence-corrected chi connectivity index (χ4v) is 2.75. The van der Waals surface area contributed by atoms with Crippen LogP contribution in [0.4, 0.5) is 0 Å². The molecule has 0 aromatic heterocycles. The van der Waals surface area contributed by atoms with Crippen molar-refractivity contribution in [1.29, 1.82) is 0 Å². The summed E-state index contributed by atoms with van der Waals surface area (Å²) in [4.78, 5) is 0. The Labute approximate surface area is 119 Å². The first-order valence-electron chi connectivity index (χ1n) is 7.26. The van der Waals surface area contributed by atoms with Crippen LogP contribution >= 0.6 is 0 Å². The molecule has 0 amide bonds. The highest BCUT2D eigenvalue weighted by molar-refractivity contribution is 4.82. The summed E-state index contributed by atoms with van der Waals surface area (Å²) in [6, 6.07) is 0. The summed E-state index contributed by atoms with van der Waals surface area (Å²) in [5, 5.41) is 9.54. The van der Waals surface area contributed by atoms with Crippen LogP contribution in [0.25, 0.3) is 0 Å². The van der Waals surface area contributed by atoms with E-state index in [-0.39, 0.29) is 22.7 Å². The van der Waals surface area contributed by atoms with E-state index < -0.39 is 0 Å². The minimum Gasteiger partial charge on any atom is -0.393 e. The van der Waals surface area contributed by atoms with Crippen LogP contribution < -0.4 is 0 Å². The van der Waals surface area contributed by atoms with Crippen molar-refractivity contribution in [3.8, 4) is 0 Å². The molecular weight excluding hydrogens is 240 g/mol. The molecule has 0 rings (SSSR count). The number of rotatable bonds is 9. The quantitative estimate of drug-likeness (QED) is 0.695. The van der Waals surface area contributed by atoms with Gasteiger partial charge in [0.05, 0.1) is 23.9 Å². The predicted molar refractivity (Wildman–Crippen MR) is 80.4 cm³/mol. The molecule has 1 unspecified atom stereocenters. The molecule has 0 bridgehead atoms. The van der Waals surface area contributed by atoms with Crippen molar-refractivity contribution in [2.24, 2.45) is 5.41 Å². The maximum absolute atomic E-state index is 9.54. The molecule has 0 aliphatic heterocycles. The molecule has 0 spiro atoms. The van der Waals surface area contributed by atoms with Crippen LogP contribution in [0.5, 0.6) is 0 Å². The maximum Gasteiger partial charge on any atom is 0.0644 e. The normalized spacial score (nSPS) is 15.6. The lowest BCUT2D eigenvalue weighted by molar-refractivity contribution is -0.0774. The van der Waals surface area contributed by atoms with Gasteiger partial charge in [0.25, 0.3) is 0 Å². The number of aliphatic hydroxyl groups excluding tert-OH is 1. The molecule has 0 aromatic rings.